The number of aliphatic hydroxyl groups is 1. The van der Waals surface area contributed by atoms with Gasteiger partial charge in [-0.3, -0.25) is 0 Å². The highest BCUT2D eigenvalue weighted by molar-refractivity contribution is 5.32. The van der Waals surface area contributed by atoms with E-state index in [1.165, 1.54) is 0 Å². The molecule has 2 heteroatoms. The Morgan fingerprint density at radius 2 is 1.87 bits per heavy atom. The van der Waals surface area contributed by atoms with Crippen LogP contribution in [0, 0.1) is 5.92 Å². The zero-order valence-electron chi connectivity index (χ0n) is 8.63. The van der Waals surface area contributed by atoms with Crippen LogP contribution >= 0.6 is 0 Å². The first-order chi connectivity index (χ1) is 7.27. The summed E-state index contributed by atoms with van der Waals surface area (Å²) < 4.78 is 0. The van der Waals surface area contributed by atoms with Crippen LogP contribution in [0.5, 0.6) is 5.75 Å². The molecule has 1 aliphatic rings. The highest BCUT2D eigenvalue weighted by Crippen LogP contribution is 2.26. The molecule has 0 spiro atoms. The van der Waals surface area contributed by atoms with Gasteiger partial charge >= 0.3 is 0 Å². The number of hydrogen-bond donors (Lipinski definition) is 2. The summed E-state index contributed by atoms with van der Waals surface area (Å²) in [6, 6.07) is 7.34. The van der Waals surface area contributed by atoms with Crippen molar-refractivity contribution in [2.75, 3.05) is 0 Å². The number of phenols is 1. The number of rotatable bonds is 2. The monoisotopic (exact) mass is 204 g/mol. The first kappa shape index (κ1) is 10.2. The van der Waals surface area contributed by atoms with Crippen molar-refractivity contribution in [3.05, 3.63) is 42.0 Å². The topological polar surface area (TPSA) is 40.5 Å². The fraction of sp³-hybridized carbons (Fsp3) is 0.385. The molecule has 0 radical (unpaired) electrons. The van der Waals surface area contributed by atoms with Gasteiger partial charge in [-0.05, 0) is 36.8 Å². The molecule has 0 saturated heterocycles. The van der Waals surface area contributed by atoms with Gasteiger partial charge in [0.1, 0.15) is 5.75 Å². The molecule has 0 saturated carbocycles. The molecular formula is C13H16O2. The summed E-state index contributed by atoms with van der Waals surface area (Å²) >= 11 is 0. The van der Waals surface area contributed by atoms with Gasteiger partial charge < -0.3 is 10.2 Å². The minimum Gasteiger partial charge on any atom is -0.508 e. The maximum absolute atomic E-state index is 9.79. The number of phenolic OH excluding ortho intramolecular Hbond substituents is 1. The van der Waals surface area contributed by atoms with Crippen LogP contribution in [0.4, 0.5) is 0 Å². The molecule has 0 aromatic heterocycles. The molecule has 0 aliphatic heterocycles. The quantitative estimate of drug-likeness (QED) is 0.725. The highest BCUT2D eigenvalue weighted by atomic mass is 16.3. The van der Waals surface area contributed by atoms with E-state index in [-0.39, 0.29) is 12.0 Å². The molecule has 1 aliphatic carbocycles. The van der Waals surface area contributed by atoms with Crippen LogP contribution in [0.25, 0.3) is 0 Å². The Bertz CT molecular complexity index is 357. The van der Waals surface area contributed by atoms with Gasteiger partial charge in [-0.2, -0.15) is 0 Å². The Kier molecular flexibility index (Phi) is 3.07. The number of para-hydroxylation sites is 1. The molecule has 0 amide bonds. The van der Waals surface area contributed by atoms with Gasteiger partial charge in [0.05, 0.1) is 6.10 Å². The molecule has 0 fully saturated rings. The molecule has 2 unspecified atom stereocenters. The van der Waals surface area contributed by atoms with Crippen molar-refractivity contribution in [3.8, 4) is 5.75 Å². The van der Waals surface area contributed by atoms with E-state index in [0.717, 1.165) is 24.8 Å². The fourth-order valence-corrected chi connectivity index (χ4v) is 2.04. The summed E-state index contributed by atoms with van der Waals surface area (Å²) in [5.41, 5.74) is 0.928. The van der Waals surface area contributed by atoms with Crippen molar-refractivity contribution in [3.63, 3.8) is 0 Å². The van der Waals surface area contributed by atoms with E-state index in [4.69, 9.17) is 0 Å². The van der Waals surface area contributed by atoms with Gasteiger partial charge in [0.2, 0.25) is 0 Å². The van der Waals surface area contributed by atoms with Crippen LogP contribution in [0.1, 0.15) is 18.4 Å². The van der Waals surface area contributed by atoms with E-state index in [9.17, 15) is 10.2 Å². The molecule has 0 bridgehead atoms. The normalized spacial score (nSPS) is 25.4. The maximum atomic E-state index is 9.79. The SMILES string of the molecule is Oc1ccccc1CC1CC=CCC1O. The molecule has 2 nitrogen and oxygen atoms in total. The van der Waals surface area contributed by atoms with E-state index >= 15 is 0 Å². The Morgan fingerprint density at radius 1 is 1.13 bits per heavy atom. The molecule has 80 valence electrons. The lowest BCUT2D eigenvalue weighted by Crippen LogP contribution is -2.23. The number of benzene rings is 1. The van der Waals surface area contributed by atoms with Gasteiger partial charge in [-0.15, -0.1) is 0 Å². The molecule has 1 aromatic carbocycles. The summed E-state index contributed by atoms with van der Waals surface area (Å²) in [5.74, 6) is 0.572. The Balaban J connectivity index is 2.08. The molecule has 0 heterocycles. The Hall–Kier alpha value is -1.28. The van der Waals surface area contributed by atoms with E-state index in [1.807, 2.05) is 24.3 Å². The second kappa shape index (κ2) is 4.49. The zero-order valence-corrected chi connectivity index (χ0v) is 8.63. The number of allylic oxidation sites excluding steroid dienone is 1. The number of aliphatic hydroxyl groups excluding tert-OH is 1. The van der Waals surface area contributed by atoms with Crippen molar-refractivity contribution >= 4 is 0 Å². The van der Waals surface area contributed by atoms with Crippen molar-refractivity contribution in [1.82, 2.24) is 0 Å². The van der Waals surface area contributed by atoms with Gasteiger partial charge in [0, 0.05) is 0 Å². The standard InChI is InChI=1S/C13H16O2/c14-12-7-3-1-5-10(12)9-11-6-2-4-8-13(11)15/h1-5,7,11,13-15H,6,8-9H2. The summed E-state index contributed by atoms with van der Waals surface area (Å²) in [5, 5.41) is 19.4. The van der Waals surface area contributed by atoms with Crippen molar-refractivity contribution < 1.29 is 10.2 Å². The van der Waals surface area contributed by atoms with Gasteiger partial charge in [0.25, 0.3) is 0 Å². The van der Waals surface area contributed by atoms with Crippen LogP contribution < -0.4 is 0 Å². The molecule has 2 atom stereocenters. The van der Waals surface area contributed by atoms with Crippen molar-refractivity contribution in [1.29, 1.82) is 0 Å². The average Bonchev–Trinajstić information content (AvgIpc) is 2.24. The largest absolute Gasteiger partial charge is 0.508 e. The number of hydrogen-bond acceptors (Lipinski definition) is 2. The first-order valence-corrected chi connectivity index (χ1v) is 5.37. The van der Waals surface area contributed by atoms with Gasteiger partial charge in [0.15, 0.2) is 0 Å². The predicted octanol–water partition coefficient (Wildman–Crippen LogP) is 2.26. The van der Waals surface area contributed by atoms with E-state index in [0.29, 0.717) is 5.75 Å². The van der Waals surface area contributed by atoms with Gasteiger partial charge in [-0.25, -0.2) is 0 Å². The second-order valence-electron chi connectivity index (χ2n) is 4.10. The number of aromatic hydroxyl groups is 1. The van der Waals surface area contributed by atoms with E-state index in [1.54, 1.807) is 6.07 Å². The van der Waals surface area contributed by atoms with Crippen LogP contribution in [-0.4, -0.2) is 16.3 Å². The molecule has 1 aromatic rings. The van der Waals surface area contributed by atoms with Crippen LogP contribution in [-0.2, 0) is 6.42 Å². The van der Waals surface area contributed by atoms with Crippen LogP contribution in [0.3, 0.4) is 0 Å². The molecule has 2 N–H and O–H groups in total. The maximum Gasteiger partial charge on any atom is 0.118 e. The fourth-order valence-electron chi connectivity index (χ4n) is 2.04. The lowest BCUT2D eigenvalue weighted by molar-refractivity contribution is 0.105. The van der Waals surface area contributed by atoms with E-state index < -0.39 is 0 Å². The summed E-state index contributed by atoms with van der Waals surface area (Å²) in [6.07, 6.45) is 6.24. The van der Waals surface area contributed by atoms with Crippen molar-refractivity contribution in [2.24, 2.45) is 5.92 Å². The zero-order chi connectivity index (χ0) is 10.7. The minimum absolute atomic E-state index is 0.239. The smallest absolute Gasteiger partial charge is 0.118 e. The van der Waals surface area contributed by atoms with E-state index in [2.05, 4.69) is 6.08 Å². The summed E-state index contributed by atoms with van der Waals surface area (Å²) in [6.45, 7) is 0. The third-order valence-corrected chi connectivity index (χ3v) is 3.00. The third-order valence-electron chi connectivity index (χ3n) is 3.00. The predicted molar refractivity (Wildman–Crippen MR) is 59.7 cm³/mol. The highest BCUT2D eigenvalue weighted by Gasteiger charge is 2.21. The third kappa shape index (κ3) is 2.39. The molecule has 15 heavy (non-hydrogen) atoms. The van der Waals surface area contributed by atoms with Crippen LogP contribution in [0.15, 0.2) is 36.4 Å². The minimum atomic E-state index is -0.269. The Morgan fingerprint density at radius 3 is 2.60 bits per heavy atom. The summed E-state index contributed by atoms with van der Waals surface area (Å²) in [7, 11) is 0. The Labute approximate surface area is 89.9 Å². The van der Waals surface area contributed by atoms with Crippen LogP contribution in [0.2, 0.25) is 0 Å². The summed E-state index contributed by atoms with van der Waals surface area (Å²) in [4.78, 5) is 0. The lowest BCUT2D eigenvalue weighted by atomic mass is 9.86. The van der Waals surface area contributed by atoms with Gasteiger partial charge in [-0.1, -0.05) is 30.4 Å². The lowest BCUT2D eigenvalue weighted by Gasteiger charge is -2.24. The first-order valence-electron chi connectivity index (χ1n) is 5.37. The molecular weight excluding hydrogens is 188 g/mol. The average molecular weight is 204 g/mol. The second-order valence-corrected chi connectivity index (χ2v) is 4.10. The van der Waals surface area contributed by atoms with Crippen molar-refractivity contribution in [2.45, 2.75) is 25.4 Å². The molecule has 2 rings (SSSR count).